The van der Waals surface area contributed by atoms with Crippen molar-refractivity contribution in [2.45, 2.75) is 110 Å². The lowest BCUT2D eigenvalue weighted by molar-refractivity contribution is -0.140. The van der Waals surface area contributed by atoms with Crippen LogP contribution in [0.1, 0.15) is 91.9 Å². The van der Waals surface area contributed by atoms with Crippen LogP contribution in [0.25, 0.3) is 0 Å². The summed E-state index contributed by atoms with van der Waals surface area (Å²) < 4.78 is 7.01. The molecule has 2 heterocycles. The fourth-order valence-corrected chi connectivity index (χ4v) is 10.4. The van der Waals surface area contributed by atoms with E-state index in [1.165, 1.54) is 51.4 Å². The third-order valence-corrected chi connectivity index (χ3v) is 12.1. The maximum atomic E-state index is 10.3. The average molecular weight is 416 g/mol. The SMILES string of the molecule is C[C@@H]1CC[C@@]2(NC1)O[C@H]1C[C@H]3[C@@H]4CC[C@H]5C[C@@H](O)CC[C@]5(C)[C@H]4CC[C@@]3(C)[C@H]1[C@@H]2C. The van der Waals surface area contributed by atoms with Crippen LogP contribution in [0.15, 0.2) is 0 Å². The van der Waals surface area contributed by atoms with Gasteiger partial charge in [-0.15, -0.1) is 0 Å². The zero-order chi connectivity index (χ0) is 20.9. The van der Waals surface area contributed by atoms with Crippen LogP contribution in [0.4, 0.5) is 0 Å². The molecule has 4 aliphatic carbocycles. The summed E-state index contributed by atoms with van der Waals surface area (Å²) in [7, 11) is 0. The highest BCUT2D eigenvalue weighted by Crippen LogP contribution is 2.71. The molecule has 3 nitrogen and oxygen atoms in total. The van der Waals surface area contributed by atoms with Crippen LogP contribution in [0, 0.1) is 52.3 Å². The van der Waals surface area contributed by atoms with E-state index in [0.717, 1.165) is 54.9 Å². The van der Waals surface area contributed by atoms with E-state index >= 15 is 0 Å². The van der Waals surface area contributed by atoms with Crippen molar-refractivity contribution >= 4 is 0 Å². The first kappa shape index (κ1) is 20.5. The number of hydrogen-bond acceptors (Lipinski definition) is 3. The highest BCUT2D eigenvalue weighted by atomic mass is 16.5. The molecule has 0 aromatic carbocycles. The Morgan fingerprint density at radius 3 is 2.43 bits per heavy atom. The highest BCUT2D eigenvalue weighted by Gasteiger charge is 2.68. The molecule has 30 heavy (non-hydrogen) atoms. The maximum absolute atomic E-state index is 10.3. The number of fused-ring (bicyclic) bond motifs is 7. The molecule has 4 saturated carbocycles. The summed E-state index contributed by atoms with van der Waals surface area (Å²) in [6.45, 7) is 11.3. The first-order valence-corrected chi connectivity index (χ1v) is 13.4. The van der Waals surface area contributed by atoms with Gasteiger partial charge in [0.25, 0.3) is 0 Å². The number of rotatable bonds is 0. The number of ether oxygens (including phenoxy) is 1. The molecule has 2 saturated heterocycles. The molecule has 6 fully saturated rings. The lowest BCUT2D eigenvalue weighted by Crippen LogP contribution is -2.57. The fraction of sp³-hybridized carbons (Fsp3) is 1.00. The molecule has 0 unspecified atom stereocenters. The van der Waals surface area contributed by atoms with Crippen LogP contribution >= 0.6 is 0 Å². The predicted molar refractivity (Wildman–Crippen MR) is 120 cm³/mol. The molecule has 0 radical (unpaired) electrons. The maximum Gasteiger partial charge on any atom is 0.122 e. The Morgan fingerprint density at radius 1 is 0.867 bits per heavy atom. The molecule has 6 aliphatic rings. The molecule has 170 valence electrons. The third kappa shape index (κ3) is 2.61. The second-order valence-electron chi connectivity index (χ2n) is 13.3. The van der Waals surface area contributed by atoms with E-state index in [2.05, 4.69) is 33.0 Å². The second-order valence-corrected chi connectivity index (χ2v) is 13.3. The molecule has 12 atom stereocenters. The Bertz CT molecular complexity index is 686. The summed E-state index contributed by atoms with van der Waals surface area (Å²) in [4.78, 5) is 0. The van der Waals surface area contributed by atoms with Gasteiger partial charge in [0.2, 0.25) is 0 Å². The Hall–Kier alpha value is -0.120. The first-order valence-electron chi connectivity index (χ1n) is 13.4. The predicted octanol–water partition coefficient (Wildman–Crippen LogP) is 5.37. The standard InChI is InChI=1S/C27H45NO2/c1-16-7-12-27(28-15-16)17(2)24-23(30-27)14-22-20-6-5-18-13-19(29)8-10-25(18,3)21(20)9-11-26(22,24)4/h16-24,28-29H,5-15H2,1-4H3/t16-,17+,18+,19+,20-,21+,22+,23+,24+,25+,26-,27-/m1/s1. The van der Waals surface area contributed by atoms with E-state index in [1.54, 1.807) is 0 Å². The van der Waals surface area contributed by atoms with Crippen LogP contribution in [0.2, 0.25) is 0 Å². The monoisotopic (exact) mass is 415 g/mol. The summed E-state index contributed by atoms with van der Waals surface area (Å²) in [5.41, 5.74) is 0.919. The number of aliphatic hydroxyl groups excluding tert-OH is 1. The molecule has 2 aliphatic heterocycles. The third-order valence-electron chi connectivity index (χ3n) is 12.1. The van der Waals surface area contributed by atoms with Crippen molar-refractivity contribution < 1.29 is 9.84 Å². The smallest absolute Gasteiger partial charge is 0.122 e. The number of aliphatic hydroxyl groups is 1. The molecule has 0 amide bonds. The minimum absolute atomic E-state index is 0.0319. The van der Waals surface area contributed by atoms with Crippen molar-refractivity contribution in [1.82, 2.24) is 5.32 Å². The van der Waals surface area contributed by atoms with Crippen LogP contribution in [-0.4, -0.2) is 29.6 Å². The van der Waals surface area contributed by atoms with E-state index < -0.39 is 0 Å². The minimum atomic E-state index is -0.0320. The van der Waals surface area contributed by atoms with Gasteiger partial charge >= 0.3 is 0 Å². The molecule has 1 spiro atoms. The molecular weight excluding hydrogens is 370 g/mol. The largest absolute Gasteiger partial charge is 0.393 e. The van der Waals surface area contributed by atoms with Gasteiger partial charge in [-0.2, -0.15) is 0 Å². The normalized spacial score (nSPS) is 62.5. The van der Waals surface area contributed by atoms with Gasteiger partial charge in [0.1, 0.15) is 5.72 Å². The van der Waals surface area contributed by atoms with Gasteiger partial charge in [0.05, 0.1) is 12.2 Å². The summed E-state index contributed by atoms with van der Waals surface area (Å²) in [6, 6.07) is 0. The lowest BCUT2D eigenvalue weighted by atomic mass is 9.44. The number of piperidine rings is 1. The van der Waals surface area contributed by atoms with Gasteiger partial charge in [0, 0.05) is 12.5 Å². The number of hydrogen-bond donors (Lipinski definition) is 2. The molecule has 2 N–H and O–H groups in total. The molecule has 3 heteroatoms. The Labute approximate surface area is 184 Å². The molecule has 0 aromatic heterocycles. The summed E-state index contributed by atoms with van der Waals surface area (Å²) in [6.07, 6.45) is 13.2. The topological polar surface area (TPSA) is 41.5 Å². The average Bonchev–Trinajstić information content (AvgIpc) is 3.16. The van der Waals surface area contributed by atoms with E-state index in [-0.39, 0.29) is 11.8 Å². The van der Waals surface area contributed by atoms with Crippen molar-refractivity contribution in [1.29, 1.82) is 0 Å². The van der Waals surface area contributed by atoms with Crippen molar-refractivity contribution in [3.05, 3.63) is 0 Å². The second kappa shape index (κ2) is 6.70. The molecular formula is C27H45NO2. The minimum Gasteiger partial charge on any atom is -0.393 e. The fourth-order valence-electron chi connectivity index (χ4n) is 10.4. The molecule has 6 rings (SSSR count). The van der Waals surface area contributed by atoms with Crippen molar-refractivity contribution in [2.24, 2.45) is 52.3 Å². The van der Waals surface area contributed by atoms with Gasteiger partial charge in [-0.25, -0.2) is 0 Å². The zero-order valence-electron chi connectivity index (χ0n) is 19.8. The molecule has 0 bridgehead atoms. The van der Waals surface area contributed by atoms with Crippen LogP contribution in [0.5, 0.6) is 0 Å². The van der Waals surface area contributed by atoms with Gasteiger partial charge in [-0.3, -0.25) is 5.32 Å². The highest BCUT2D eigenvalue weighted by molar-refractivity contribution is 5.16. The molecule has 0 aromatic rings. The van der Waals surface area contributed by atoms with E-state index in [0.29, 0.717) is 22.9 Å². The summed E-state index contributed by atoms with van der Waals surface area (Å²) >= 11 is 0. The number of nitrogens with one attached hydrogen (secondary N) is 1. The Balaban J connectivity index is 1.26. The Morgan fingerprint density at radius 2 is 1.67 bits per heavy atom. The van der Waals surface area contributed by atoms with Gasteiger partial charge in [-0.05, 0) is 111 Å². The van der Waals surface area contributed by atoms with Crippen LogP contribution < -0.4 is 5.32 Å². The first-order chi connectivity index (χ1) is 14.3. The Kier molecular flexibility index (Phi) is 4.58. The van der Waals surface area contributed by atoms with Gasteiger partial charge < -0.3 is 9.84 Å². The van der Waals surface area contributed by atoms with Crippen molar-refractivity contribution in [3.63, 3.8) is 0 Å². The zero-order valence-corrected chi connectivity index (χ0v) is 19.8. The van der Waals surface area contributed by atoms with Gasteiger partial charge in [0.15, 0.2) is 0 Å². The quantitative estimate of drug-likeness (QED) is 0.559. The van der Waals surface area contributed by atoms with Crippen LogP contribution in [0.3, 0.4) is 0 Å². The van der Waals surface area contributed by atoms with E-state index in [9.17, 15) is 5.11 Å². The lowest BCUT2D eigenvalue weighted by Gasteiger charge is -2.61. The van der Waals surface area contributed by atoms with Crippen LogP contribution in [-0.2, 0) is 4.74 Å². The van der Waals surface area contributed by atoms with Crippen molar-refractivity contribution in [2.75, 3.05) is 6.54 Å². The summed E-state index contributed by atoms with van der Waals surface area (Å²) in [5, 5.41) is 14.2. The van der Waals surface area contributed by atoms with Gasteiger partial charge in [-0.1, -0.05) is 27.7 Å². The summed E-state index contributed by atoms with van der Waals surface area (Å²) in [5.74, 6) is 5.57. The van der Waals surface area contributed by atoms with Crippen molar-refractivity contribution in [3.8, 4) is 0 Å². The van der Waals surface area contributed by atoms with E-state index in [1.807, 2.05) is 0 Å². The van der Waals surface area contributed by atoms with E-state index in [4.69, 9.17) is 4.74 Å².